The van der Waals surface area contributed by atoms with Gasteiger partial charge in [0, 0.05) is 44.0 Å². The first-order valence-electron chi connectivity index (χ1n) is 16.7. The molecule has 4 aromatic carbocycles. The van der Waals surface area contributed by atoms with Crippen molar-refractivity contribution in [1.29, 1.82) is 0 Å². The number of amides is 3. The Morgan fingerprint density at radius 3 is 1.98 bits per heavy atom. The lowest BCUT2D eigenvalue weighted by atomic mass is 9.94. The van der Waals surface area contributed by atoms with Gasteiger partial charge in [0.05, 0.1) is 23.2 Å². The zero-order chi connectivity index (χ0) is 34.9. The fraction of sp³-hybridized carbons (Fsp3) is 0.146. The fourth-order valence-electron chi connectivity index (χ4n) is 6.85. The van der Waals surface area contributed by atoms with Gasteiger partial charge in [0.15, 0.2) is 5.75 Å². The Hall–Kier alpha value is -6.42. The second-order valence-electron chi connectivity index (χ2n) is 12.5. The Bertz CT molecular complexity index is 2200. The first kappa shape index (κ1) is 31.8. The van der Waals surface area contributed by atoms with Crippen LogP contribution in [0.4, 0.5) is 10.2 Å². The molecule has 51 heavy (non-hydrogen) atoms. The third-order valence-electron chi connectivity index (χ3n) is 9.39. The van der Waals surface area contributed by atoms with Crippen molar-refractivity contribution in [3.8, 4) is 5.75 Å². The summed E-state index contributed by atoms with van der Waals surface area (Å²) in [6, 6.07) is 34.0. The maximum atomic E-state index is 14.6. The Kier molecular flexibility index (Phi) is 8.41. The molecule has 0 bridgehead atoms. The predicted octanol–water partition coefficient (Wildman–Crippen LogP) is 6.70. The van der Waals surface area contributed by atoms with Gasteiger partial charge in [-0.1, -0.05) is 84.9 Å². The number of hydrogen-bond acceptors (Lipinski definition) is 7. The lowest BCUT2D eigenvalue weighted by molar-refractivity contribution is 0.0634. The van der Waals surface area contributed by atoms with Gasteiger partial charge in [0.2, 0.25) is 0 Å². The Labute approximate surface area is 293 Å². The van der Waals surface area contributed by atoms with Crippen LogP contribution >= 0.6 is 0 Å². The van der Waals surface area contributed by atoms with Crippen molar-refractivity contribution >= 4 is 34.4 Å². The van der Waals surface area contributed by atoms with E-state index in [1.807, 2.05) is 78.9 Å². The minimum Gasteiger partial charge on any atom is -0.478 e. The highest BCUT2D eigenvalue weighted by molar-refractivity contribution is 6.30. The van der Waals surface area contributed by atoms with Crippen LogP contribution in [0.15, 0.2) is 128 Å². The van der Waals surface area contributed by atoms with Crippen molar-refractivity contribution < 1.29 is 23.5 Å². The molecule has 0 atom stereocenters. The molecule has 2 aliphatic heterocycles. The number of nitrogens with zero attached hydrogens (tertiary/aromatic N) is 5. The van der Waals surface area contributed by atoms with Gasteiger partial charge in [0.25, 0.3) is 17.7 Å². The van der Waals surface area contributed by atoms with Gasteiger partial charge in [-0.15, -0.1) is 0 Å². The zero-order valence-corrected chi connectivity index (χ0v) is 27.5. The van der Waals surface area contributed by atoms with Crippen LogP contribution in [0.2, 0.25) is 0 Å². The van der Waals surface area contributed by atoms with Crippen molar-refractivity contribution in [2.45, 2.75) is 12.6 Å². The van der Waals surface area contributed by atoms with E-state index in [0.29, 0.717) is 42.6 Å². The number of anilines is 1. The molecular formula is C41H32FN5O4. The van der Waals surface area contributed by atoms with Crippen LogP contribution in [-0.4, -0.2) is 63.7 Å². The number of fused-ring (bicyclic) bond motifs is 2. The molecule has 2 aliphatic rings. The number of rotatable bonds is 8. The van der Waals surface area contributed by atoms with E-state index in [2.05, 4.69) is 14.9 Å². The Balaban J connectivity index is 1.26. The molecule has 0 N–H and O–H groups in total. The summed E-state index contributed by atoms with van der Waals surface area (Å²) in [4.78, 5) is 57.7. The third-order valence-corrected chi connectivity index (χ3v) is 9.39. The van der Waals surface area contributed by atoms with Gasteiger partial charge in [-0.05, 0) is 47.0 Å². The van der Waals surface area contributed by atoms with E-state index in [1.165, 1.54) is 24.3 Å². The average Bonchev–Trinajstić information content (AvgIpc) is 3.43. The highest BCUT2D eigenvalue weighted by atomic mass is 19.1. The van der Waals surface area contributed by atoms with Crippen LogP contribution in [0, 0.1) is 5.82 Å². The van der Waals surface area contributed by atoms with Crippen LogP contribution in [0.3, 0.4) is 0 Å². The predicted molar refractivity (Wildman–Crippen MR) is 190 cm³/mol. The number of carbonyl (C=O) groups is 3. The molecule has 1 saturated heterocycles. The monoisotopic (exact) mass is 677 g/mol. The van der Waals surface area contributed by atoms with E-state index < -0.39 is 23.7 Å². The van der Waals surface area contributed by atoms with E-state index in [4.69, 9.17) is 4.74 Å². The second kappa shape index (κ2) is 13.5. The van der Waals surface area contributed by atoms with Gasteiger partial charge >= 0.3 is 0 Å². The molecule has 3 amide bonds. The lowest BCUT2D eigenvalue weighted by Gasteiger charge is -2.35. The van der Waals surface area contributed by atoms with Crippen molar-refractivity contribution in [2.75, 3.05) is 31.1 Å². The van der Waals surface area contributed by atoms with E-state index in [9.17, 15) is 18.8 Å². The number of carbonyl (C=O) groups excluding carboxylic acids is 3. The number of piperazine rings is 1. The first-order chi connectivity index (χ1) is 25.0. The first-order valence-corrected chi connectivity index (χ1v) is 16.7. The minimum absolute atomic E-state index is 0.0133. The Morgan fingerprint density at radius 1 is 0.706 bits per heavy atom. The summed E-state index contributed by atoms with van der Waals surface area (Å²) >= 11 is 0. The van der Waals surface area contributed by atoms with Gasteiger partial charge in [-0.25, -0.2) is 9.37 Å². The molecule has 10 heteroatoms. The van der Waals surface area contributed by atoms with Crippen LogP contribution < -0.4 is 9.64 Å². The largest absolute Gasteiger partial charge is 0.478 e. The number of aromatic nitrogens is 2. The number of imide groups is 1. The number of hydrogen-bond donors (Lipinski definition) is 0. The van der Waals surface area contributed by atoms with Gasteiger partial charge in [-0.2, -0.15) is 0 Å². The van der Waals surface area contributed by atoms with E-state index in [-0.39, 0.29) is 34.9 Å². The second-order valence-corrected chi connectivity index (χ2v) is 12.5. The molecule has 9 nitrogen and oxygen atoms in total. The molecule has 2 aromatic heterocycles. The standard InChI is InChI=1S/C41H32FN5O4/c42-30-18-16-27(17-19-30)26-47-40(49)34-33(39(48)46-24-22-45(23-25-46)32-15-7-8-20-43-32)31-14-9-21-44-36(31)38(35(34)41(47)50)51-37(28-10-3-1-4-11-28)29-12-5-2-6-13-29/h1-21,37H,22-26H2. The summed E-state index contributed by atoms with van der Waals surface area (Å²) in [5, 5.41) is 0.410. The average molecular weight is 678 g/mol. The molecule has 4 heterocycles. The number of pyridine rings is 2. The molecule has 6 aromatic rings. The summed E-state index contributed by atoms with van der Waals surface area (Å²) in [7, 11) is 0. The summed E-state index contributed by atoms with van der Waals surface area (Å²) in [5.74, 6) is -1.10. The fourth-order valence-corrected chi connectivity index (χ4v) is 6.85. The SMILES string of the molecule is O=C(c1c2c(c(OC(c3ccccc3)c3ccccc3)c3ncccc13)C(=O)N(Cc1ccc(F)cc1)C2=O)N1CCN(c2ccccn2)CC1. The van der Waals surface area contributed by atoms with Gasteiger partial charge < -0.3 is 14.5 Å². The molecule has 0 spiro atoms. The molecule has 0 saturated carbocycles. The van der Waals surface area contributed by atoms with Crippen molar-refractivity contribution in [1.82, 2.24) is 19.8 Å². The highest BCUT2D eigenvalue weighted by Crippen LogP contribution is 2.44. The number of benzene rings is 4. The summed E-state index contributed by atoms with van der Waals surface area (Å²) in [6.45, 7) is 1.74. The van der Waals surface area contributed by atoms with Crippen LogP contribution in [0.5, 0.6) is 5.75 Å². The molecule has 8 rings (SSSR count). The maximum Gasteiger partial charge on any atom is 0.265 e. The summed E-state index contributed by atoms with van der Waals surface area (Å²) in [5.41, 5.74) is 2.59. The van der Waals surface area contributed by atoms with Crippen molar-refractivity contribution in [3.05, 3.63) is 167 Å². The normalized spacial score (nSPS) is 14.4. The van der Waals surface area contributed by atoms with Crippen LogP contribution in [0.25, 0.3) is 10.9 Å². The summed E-state index contributed by atoms with van der Waals surface area (Å²) < 4.78 is 20.7. The van der Waals surface area contributed by atoms with Crippen LogP contribution in [0.1, 0.15) is 53.9 Å². The maximum absolute atomic E-state index is 14.6. The van der Waals surface area contributed by atoms with Gasteiger partial charge in [-0.3, -0.25) is 24.3 Å². The minimum atomic E-state index is -0.669. The van der Waals surface area contributed by atoms with Crippen molar-refractivity contribution in [2.24, 2.45) is 0 Å². The van der Waals surface area contributed by atoms with Gasteiger partial charge in [0.1, 0.15) is 23.3 Å². The Morgan fingerprint density at radius 2 is 1.33 bits per heavy atom. The van der Waals surface area contributed by atoms with Crippen LogP contribution in [-0.2, 0) is 6.54 Å². The van der Waals surface area contributed by atoms with E-state index in [0.717, 1.165) is 21.8 Å². The molecule has 0 radical (unpaired) electrons. The number of ether oxygens (including phenoxy) is 1. The molecule has 0 unspecified atom stereocenters. The molecule has 252 valence electrons. The lowest BCUT2D eigenvalue weighted by Crippen LogP contribution is -2.49. The molecular weight excluding hydrogens is 645 g/mol. The summed E-state index contributed by atoms with van der Waals surface area (Å²) in [6.07, 6.45) is 2.65. The van der Waals surface area contributed by atoms with E-state index in [1.54, 1.807) is 29.4 Å². The molecule has 1 fully saturated rings. The smallest absolute Gasteiger partial charge is 0.265 e. The quantitative estimate of drug-likeness (QED) is 0.166. The molecule has 0 aliphatic carbocycles. The van der Waals surface area contributed by atoms with E-state index >= 15 is 0 Å². The highest BCUT2D eigenvalue weighted by Gasteiger charge is 2.45. The zero-order valence-electron chi connectivity index (χ0n) is 27.5. The third kappa shape index (κ3) is 5.94. The topological polar surface area (TPSA) is 95.9 Å². The van der Waals surface area contributed by atoms with Crippen molar-refractivity contribution in [3.63, 3.8) is 0 Å². The number of halogens is 1.